The molecule has 1 amide bonds. The van der Waals surface area contributed by atoms with Crippen molar-refractivity contribution in [3.63, 3.8) is 0 Å². The molecule has 0 radical (unpaired) electrons. The number of nitrogens with two attached hydrogens (primary N) is 1. The Labute approximate surface area is 152 Å². The van der Waals surface area contributed by atoms with Crippen LogP contribution in [0.2, 0.25) is 0 Å². The largest absolute Gasteiger partial charge is 0.369 e. The van der Waals surface area contributed by atoms with E-state index in [0.717, 1.165) is 48.3 Å². The first-order valence-electron chi connectivity index (χ1n) is 8.84. The van der Waals surface area contributed by atoms with Gasteiger partial charge in [0.15, 0.2) is 0 Å². The van der Waals surface area contributed by atoms with Crippen LogP contribution in [0.25, 0.3) is 10.9 Å². The summed E-state index contributed by atoms with van der Waals surface area (Å²) in [5.74, 6) is 1.21. The number of nitrogens with zero attached hydrogens (tertiary/aromatic N) is 3. The van der Waals surface area contributed by atoms with Crippen molar-refractivity contribution in [1.29, 1.82) is 0 Å². The van der Waals surface area contributed by atoms with Crippen molar-refractivity contribution in [2.75, 3.05) is 23.3 Å². The van der Waals surface area contributed by atoms with Crippen molar-refractivity contribution in [3.8, 4) is 0 Å². The zero-order chi connectivity index (χ0) is 17.9. The predicted molar refractivity (Wildman–Crippen MR) is 103 cm³/mol. The molecular formula is C20H21N5O. The fourth-order valence-corrected chi connectivity index (χ4v) is 3.32. The lowest BCUT2D eigenvalue weighted by atomic mass is 9.96. The molecule has 0 saturated carbocycles. The first-order chi connectivity index (χ1) is 12.7. The number of nitrogens with one attached hydrogen (secondary N) is 1. The number of carbonyl (C=O) groups is 1. The Hall–Kier alpha value is -3.15. The predicted octanol–water partition coefficient (Wildman–Crippen LogP) is 3.08. The van der Waals surface area contributed by atoms with Crippen LogP contribution in [0.4, 0.5) is 17.5 Å². The van der Waals surface area contributed by atoms with Gasteiger partial charge < -0.3 is 16.0 Å². The highest BCUT2D eigenvalue weighted by Crippen LogP contribution is 2.28. The van der Waals surface area contributed by atoms with E-state index in [2.05, 4.69) is 10.2 Å². The molecule has 2 heterocycles. The van der Waals surface area contributed by atoms with Crippen LogP contribution in [0, 0.1) is 5.92 Å². The molecule has 26 heavy (non-hydrogen) atoms. The highest BCUT2D eigenvalue weighted by molar-refractivity contribution is 5.91. The lowest BCUT2D eigenvalue weighted by Crippen LogP contribution is -2.39. The molecule has 0 bridgehead atoms. The van der Waals surface area contributed by atoms with Crippen LogP contribution < -0.4 is 16.0 Å². The standard InChI is InChI=1S/C20H21N5O/c21-18(26)14-10-12-25(13-11-14)20-23-17-9-5-4-8-16(17)19(24-20)22-15-6-2-1-3-7-15/h1-9,14H,10-13H2,(H2,21,26)(H,22,23,24). The minimum atomic E-state index is -0.212. The van der Waals surface area contributed by atoms with Gasteiger partial charge in [-0.15, -0.1) is 0 Å². The molecule has 1 aliphatic heterocycles. The molecule has 0 unspecified atom stereocenters. The molecule has 0 spiro atoms. The third kappa shape index (κ3) is 3.31. The summed E-state index contributed by atoms with van der Waals surface area (Å²) in [4.78, 5) is 23.0. The average molecular weight is 347 g/mol. The topological polar surface area (TPSA) is 84.1 Å². The van der Waals surface area contributed by atoms with E-state index in [1.54, 1.807) is 0 Å². The molecule has 6 nitrogen and oxygen atoms in total. The van der Waals surface area contributed by atoms with E-state index >= 15 is 0 Å². The average Bonchev–Trinajstić information content (AvgIpc) is 2.69. The zero-order valence-corrected chi connectivity index (χ0v) is 14.4. The van der Waals surface area contributed by atoms with E-state index in [1.807, 2.05) is 54.6 Å². The number of piperidine rings is 1. The molecule has 1 saturated heterocycles. The fraction of sp³-hybridized carbons (Fsp3) is 0.250. The lowest BCUT2D eigenvalue weighted by molar-refractivity contribution is -0.122. The van der Waals surface area contributed by atoms with Crippen LogP contribution in [-0.2, 0) is 4.79 Å². The Balaban J connectivity index is 1.67. The first-order valence-corrected chi connectivity index (χ1v) is 8.84. The number of para-hydroxylation sites is 2. The molecule has 3 N–H and O–H groups in total. The molecule has 0 atom stereocenters. The van der Waals surface area contributed by atoms with Crippen molar-refractivity contribution in [2.24, 2.45) is 11.7 Å². The minimum Gasteiger partial charge on any atom is -0.369 e. The van der Waals surface area contributed by atoms with Gasteiger partial charge in [-0.2, -0.15) is 4.98 Å². The second-order valence-electron chi connectivity index (χ2n) is 6.54. The molecule has 132 valence electrons. The van der Waals surface area contributed by atoms with Gasteiger partial charge in [0.1, 0.15) is 5.82 Å². The molecule has 2 aromatic carbocycles. The summed E-state index contributed by atoms with van der Waals surface area (Å²) in [5, 5.41) is 4.38. The van der Waals surface area contributed by atoms with Crippen LogP contribution >= 0.6 is 0 Å². The van der Waals surface area contributed by atoms with E-state index in [4.69, 9.17) is 15.7 Å². The fourth-order valence-electron chi connectivity index (χ4n) is 3.32. The number of hydrogen-bond acceptors (Lipinski definition) is 5. The second kappa shape index (κ2) is 7.00. The van der Waals surface area contributed by atoms with Gasteiger partial charge >= 0.3 is 0 Å². The highest BCUT2D eigenvalue weighted by Gasteiger charge is 2.25. The van der Waals surface area contributed by atoms with Gasteiger partial charge in [0.25, 0.3) is 0 Å². The van der Waals surface area contributed by atoms with Crippen molar-refractivity contribution < 1.29 is 4.79 Å². The molecule has 4 rings (SSSR count). The first kappa shape index (κ1) is 16.3. The van der Waals surface area contributed by atoms with Gasteiger partial charge in [-0.25, -0.2) is 4.98 Å². The summed E-state index contributed by atoms with van der Waals surface area (Å²) in [6.07, 6.45) is 1.49. The molecule has 1 aromatic heterocycles. The van der Waals surface area contributed by atoms with E-state index in [-0.39, 0.29) is 11.8 Å². The van der Waals surface area contributed by atoms with Crippen LogP contribution in [0.5, 0.6) is 0 Å². The number of hydrogen-bond donors (Lipinski definition) is 2. The number of amides is 1. The van der Waals surface area contributed by atoms with Crippen molar-refractivity contribution in [2.45, 2.75) is 12.8 Å². The van der Waals surface area contributed by atoms with Crippen LogP contribution in [0.1, 0.15) is 12.8 Å². The summed E-state index contributed by atoms with van der Waals surface area (Å²) in [5.41, 5.74) is 7.31. The third-order valence-electron chi connectivity index (χ3n) is 4.81. The van der Waals surface area contributed by atoms with Gasteiger partial charge in [-0.1, -0.05) is 30.3 Å². The van der Waals surface area contributed by atoms with Crippen LogP contribution in [0.15, 0.2) is 54.6 Å². The number of primary amides is 1. The SMILES string of the molecule is NC(=O)C1CCN(c2nc(Nc3ccccc3)c3ccccc3n2)CC1. The summed E-state index contributed by atoms with van der Waals surface area (Å²) < 4.78 is 0. The second-order valence-corrected chi connectivity index (χ2v) is 6.54. The number of fused-ring (bicyclic) bond motifs is 1. The highest BCUT2D eigenvalue weighted by atomic mass is 16.1. The normalized spacial score (nSPS) is 15.2. The number of anilines is 3. The Bertz CT molecular complexity index is 920. The molecule has 3 aromatic rings. The number of benzene rings is 2. The molecular weight excluding hydrogens is 326 g/mol. The van der Waals surface area contributed by atoms with Gasteiger partial charge in [-0.3, -0.25) is 4.79 Å². The van der Waals surface area contributed by atoms with E-state index in [1.165, 1.54) is 0 Å². The van der Waals surface area contributed by atoms with Crippen LogP contribution in [0.3, 0.4) is 0 Å². The lowest BCUT2D eigenvalue weighted by Gasteiger charge is -2.30. The van der Waals surface area contributed by atoms with Gasteiger partial charge in [0, 0.05) is 30.1 Å². The Morgan fingerprint density at radius 3 is 2.42 bits per heavy atom. The molecule has 1 fully saturated rings. The molecule has 1 aliphatic rings. The molecule has 0 aliphatic carbocycles. The van der Waals surface area contributed by atoms with Gasteiger partial charge in [0.05, 0.1) is 5.52 Å². The third-order valence-corrected chi connectivity index (χ3v) is 4.81. The summed E-state index contributed by atoms with van der Waals surface area (Å²) in [6.45, 7) is 1.47. The smallest absolute Gasteiger partial charge is 0.227 e. The van der Waals surface area contributed by atoms with E-state index in [0.29, 0.717) is 5.95 Å². The van der Waals surface area contributed by atoms with Crippen molar-refractivity contribution >= 4 is 34.3 Å². The summed E-state index contributed by atoms with van der Waals surface area (Å²) in [7, 11) is 0. The maximum absolute atomic E-state index is 11.4. The van der Waals surface area contributed by atoms with Crippen molar-refractivity contribution in [3.05, 3.63) is 54.6 Å². The van der Waals surface area contributed by atoms with Crippen LogP contribution in [-0.4, -0.2) is 29.0 Å². The summed E-state index contributed by atoms with van der Waals surface area (Å²) >= 11 is 0. The number of aromatic nitrogens is 2. The maximum atomic E-state index is 11.4. The maximum Gasteiger partial charge on any atom is 0.227 e. The van der Waals surface area contributed by atoms with Gasteiger partial charge in [0.2, 0.25) is 11.9 Å². The number of rotatable bonds is 4. The number of carbonyl (C=O) groups excluding carboxylic acids is 1. The quantitative estimate of drug-likeness (QED) is 0.758. The van der Waals surface area contributed by atoms with E-state index < -0.39 is 0 Å². The zero-order valence-electron chi connectivity index (χ0n) is 14.4. The Morgan fingerprint density at radius 2 is 1.69 bits per heavy atom. The Morgan fingerprint density at radius 1 is 1.00 bits per heavy atom. The van der Waals surface area contributed by atoms with Gasteiger partial charge in [-0.05, 0) is 37.1 Å². The van der Waals surface area contributed by atoms with E-state index in [9.17, 15) is 4.79 Å². The Kier molecular flexibility index (Phi) is 4.39. The summed E-state index contributed by atoms with van der Waals surface area (Å²) in [6, 6.07) is 17.9. The minimum absolute atomic E-state index is 0.0476. The van der Waals surface area contributed by atoms with Crippen molar-refractivity contribution in [1.82, 2.24) is 9.97 Å². The monoisotopic (exact) mass is 347 g/mol. The molecule has 6 heteroatoms.